The van der Waals surface area contributed by atoms with Crippen molar-refractivity contribution in [1.82, 2.24) is 9.62 Å². The highest BCUT2D eigenvalue weighted by Crippen LogP contribution is 2.22. The van der Waals surface area contributed by atoms with Crippen LogP contribution >= 0.6 is 11.6 Å². The van der Waals surface area contributed by atoms with Gasteiger partial charge in [-0.05, 0) is 46.1 Å². The number of nitrogens with two attached hydrogens (primary N) is 1. The molecule has 5 nitrogen and oxygen atoms in total. The lowest BCUT2D eigenvalue weighted by Gasteiger charge is -2.32. The van der Waals surface area contributed by atoms with Crippen LogP contribution in [0, 0.1) is 0 Å². The predicted molar refractivity (Wildman–Crippen MR) is 78.8 cm³/mol. The lowest BCUT2D eigenvalue weighted by molar-refractivity contribution is 0.199. The first-order chi connectivity index (χ1) is 8.56. The predicted octanol–water partition coefficient (Wildman–Crippen LogP) is 1.54. The number of nitrogens with zero attached hydrogens (tertiary/aromatic N) is 1. The largest absolute Gasteiger partial charge is 0.398 e. The van der Waals surface area contributed by atoms with Gasteiger partial charge >= 0.3 is 0 Å². The molecule has 3 N–H and O–H groups in total. The number of nitrogen functional groups attached to an aromatic ring is 1. The van der Waals surface area contributed by atoms with Crippen LogP contribution in [0.4, 0.5) is 5.69 Å². The minimum Gasteiger partial charge on any atom is -0.398 e. The molecule has 0 aliphatic carbocycles. The van der Waals surface area contributed by atoms with E-state index in [9.17, 15) is 8.42 Å². The van der Waals surface area contributed by atoms with Gasteiger partial charge in [0, 0.05) is 17.1 Å². The monoisotopic (exact) mass is 305 g/mol. The number of halogens is 1. The number of hydrogen-bond acceptors (Lipinski definition) is 4. The molecule has 0 aliphatic rings. The minimum absolute atomic E-state index is 0.0476. The standard InChI is InChI=1S/C12H20ClN3O2S/c1-12(2,16(3)4)8-15-19(17,18)11-6-5-9(13)7-10(11)14/h5-7,15H,8,14H2,1-4H3. The summed E-state index contributed by atoms with van der Waals surface area (Å²) in [5, 5.41) is 0.407. The highest BCUT2D eigenvalue weighted by molar-refractivity contribution is 7.89. The molecule has 1 aromatic carbocycles. The zero-order valence-electron chi connectivity index (χ0n) is 11.6. The van der Waals surface area contributed by atoms with Crippen LogP contribution in [0.2, 0.25) is 5.02 Å². The van der Waals surface area contributed by atoms with Crippen molar-refractivity contribution in [2.45, 2.75) is 24.3 Å². The van der Waals surface area contributed by atoms with E-state index in [-0.39, 0.29) is 22.7 Å². The van der Waals surface area contributed by atoms with Crippen LogP contribution in [0.3, 0.4) is 0 Å². The molecule has 0 unspecified atom stereocenters. The Morgan fingerprint density at radius 2 is 1.95 bits per heavy atom. The van der Waals surface area contributed by atoms with Crippen molar-refractivity contribution in [2.75, 3.05) is 26.4 Å². The van der Waals surface area contributed by atoms with Crippen molar-refractivity contribution in [3.63, 3.8) is 0 Å². The Kier molecular flexibility index (Phi) is 4.84. The summed E-state index contributed by atoms with van der Waals surface area (Å²) in [6, 6.07) is 4.33. The summed E-state index contributed by atoms with van der Waals surface area (Å²) < 4.78 is 26.9. The third kappa shape index (κ3) is 4.07. The minimum atomic E-state index is -3.63. The van der Waals surface area contributed by atoms with Gasteiger partial charge in [0.15, 0.2) is 0 Å². The third-order valence-electron chi connectivity index (χ3n) is 3.17. The highest BCUT2D eigenvalue weighted by atomic mass is 35.5. The van der Waals surface area contributed by atoms with Crippen LogP contribution in [0.15, 0.2) is 23.1 Å². The number of likely N-dealkylation sites (N-methyl/N-ethyl adjacent to an activating group) is 1. The fourth-order valence-corrected chi connectivity index (χ4v) is 2.77. The molecule has 0 saturated heterocycles. The topological polar surface area (TPSA) is 75.4 Å². The maximum atomic E-state index is 12.2. The number of benzene rings is 1. The van der Waals surface area contributed by atoms with E-state index in [0.29, 0.717) is 5.02 Å². The molecule has 0 saturated carbocycles. The summed E-state index contributed by atoms with van der Waals surface area (Å²) in [6.45, 7) is 4.17. The second-order valence-electron chi connectivity index (χ2n) is 5.21. The fraction of sp³-hybridized carbons (Fsp3) is 0.500. The summed E-state index contributed by atoms with van der Waals surface area (Å²) in [6.07, 6.45) is 0. The Bertz CT molecular complexity index is 556. The van der Waals surface area contributed by atoms with Crippen LogP contribution in [0.5, 0.6) is 0 Å². The first-order valence-corrected chi connectivity index (χ1v) is 7.64. The second kappa shape index (κ2) is 5.66. The molecular weight excluding hydrogens is 286 g/mol. The maximum absolute atomic E-state index is 12.2. The molecule has 0 aromatic heterocycles. The number of hydrogen-bond donors (Lipinski definition) is 2. The Morgan fingerprint density at radius 1 is 1.37 bits per heavy atom. The smallest absolute Gasteiger partial charge is 0.242 e. The molecule has 0 aliphatic heterocycles. The molecule has 1 rings (SSSR count). The average molecular weight is 306 g/mol. The van der Waals surface area contributed by atoms with E-state index in [4.69, 9.17) is 17.3 Å². The summed E-state index contributed by atoms with van der Waals surface area (Å²) in [5.74, 6) is 0. The van der Waals surface area contributed by atoms with E-state index in [1.54, 1.807) is 0 Å². The summed E-state index contributed by atoms with van der Waals surface area (Å²) >= 11 is 5.76. The second-order valence-corrected chi connectivity index (χ2v) is 7.39. The molecule has 0 heterocycles. The third-order valence-corrected chi connectivity index (χ3v) is 4.88. The van der Waals surface area contributed by atoms with Gasteiger partial charge in [-0.2, -0.15) is 0 Å². The molecule has 0 radical (unpaired) electrons. The van der Waals surface area contributed by atoms with Gasteiger partial charge in [-0.1, -0.05) is 11.6 Å². The molecule has 0 atom stereocenters. The molecule has 0 amide bonds. The van der Waals surface area contributed by atoms with Crippen LogP contribution in [0.1, 0.15) is 13.8 Å². The van der Waals surface area contributed by atoms with Crippen LogP contribution in [-0.4, -0.2) is 39.5 Å². The Morgan fingerprint density at radius 3 is 2.42 bits per heavy atom. The molecule has 1 aromatic rings. The van der Waals surface area contributed by atoms with E-state index in [1.165, 1.54) is 18.2 Å². The van der Waals surface area contributed by atoms with Gasteiger partial charge < -0.3 is 10.6 Å². The maximum Gasteiger partial charge on any atom is 0.242 e. The fourth-order valence-electron chi connectivity index (χ4n) is 1.27. The zero-order chi connectivity index (χ0) is 14.8. The van der Waals surface area contributed by atoms with E-state index in [1.807, 2.05) is 32.8 Å². The van der Waals surface area contributed by atoms with Crippen molar-refractivity contribution >= 4 is 27.3 Å². The molecule has 19 heavy (non-hydrogen) atoms. The first kappa shape index (κ1) is 16.2. The Balaban J connectivity index is 2.94. The van der Waals surface area contributed by atoms with Gasteiger partial charge in [-0.15, -0.1) is 0 Å². The van der Waals surface area contributed by atoms with Crippen LogP contribution < -0.4 is 10.5 Å². The molecule has 108 valence electrons. The van der Waals surface area contributed by atoms with Crippen molar-refractivity contribution in [3.05, 3.63) is 23.2 Å². The molecule has 0 bridgehead atoms. The number of sulfonamides is 1. The molecule has 0 spiro atoms. The lowest BCUT2D eigenvalue weighted by Crippen LogP contribution is -2.48. The Hall–Kier alpha value is -0.820. The van der Waals surface area contributed by atoms with Gasteiger partial charge in [0.05, 0.1) is 5.69 Å². The van der Waals surface area contributed by atoms with E-state index < -0.39 is 10.0 Å². The molecule has 7 heteroatoms. The first-order valence-electron chi connectivity index (χ1n) is 5.78. The van der Waals surface area contributed by atoms with Crippen molar-refractivity contribution in [1.29, 1.82) is 0 Å². The summed E-state index contributed by atoms with van der Waals surface area (Å²) in [7, 11) is 0.153. The zero-order valence-corrected chi connectivity index (χ0v) is 13.1. The van der Waals surface area contributed by atoms with E-state index in [2.05, 4.69) is 4.72 Å². The number of anilines is 1. The van der Waals surface area contributed by atoms with E-state index in [0.717, 1.165) is 0 Å². The average Bonchev–Trinajstić information content (AvgIpc) is 2.26. The quantitative estimate of drug-likeness (QED) is 0.809. The Labute approximate surface area is 119 Å². The summed E-state index contributed by atoms with van der Waals surface area (Å²) in [4.78, 5) is 1.99. The van der Waals surface area contributed by atoms with Crippen LogP contribution in [-0.2, 0) is 10.0 Å². The number of rotatable bonds is 5. The van der Waals surface area contributed by atoms with Gasteiger partial charge in [0.2, 0.25) is 10.0 Å². The van der Waals surface area contributed by atoms with E-state index >= 15 is 0 Å². The van der Waals surface area contributed by atoms with Gasteiger partial charge in [-0.3, -0.25) is 0 Å². The van der Waals surface area contributed by atoms with Crippen LogP contribution in [0.25, 0.3) is 0 Å². The normalized spacial score (nSPS) is 12.9. The van der Waals surface area contributed by atoms with Crippen molar-refractivity contribution < 1.29 is 8.42 Å². The van der Waals surface area contributed by atoms with Gasteiger partial charge in [-0.25, -0.2) is 13.1 Å². The van der Waals surface area contributed by atoms with Crippen molar-refractivity contribution in [3.8, 4) is 0 Å². The van der Waals surface area contributed by atoms with Gasteiger partial charge in [0.25, 0.3) is 0 Å². The SMILES string of the molecule is CN(C)C(C)(C)CNS(=O)(=O)c1ccc(Cl)cc1N. The highest BCUT2D eigenvalue weighted by Gasteiger charge is 2.25. The number of nitrogens with one attached hydrogen (secondary N) is 1. The molecular formula is C12H20ClN3O2S. The lowest BCUT2D eigenvalue weighted by atomic mass is 10.1. The van der Waals surface area contributed by atoms with Crippen molar-refractivity contribution in [2.24, 2.45) is 0 Å². The summed E-state index contributed by atoms with van der Waals surface area (Å²) in [5.41, 5.74) is 5.54. The van der Waals surface area contributed by atoms with Gasteiger partial charge in [0.1, 0.15) is 4.90 Å². The molecule has 0 fully saturated rings.